The Morgan fingerprint density at radius 1 is 1.14 bits per heavy atom. The highest BCUT2D eigenvalue weighted by atomic mass is 35.5. The first-order valence-electron chi connectivity index (χ1n) is 6.41. The fourth-order valence-corrected chi connectivity index (χ4v) is 2.54. The molecule has 1 atom stereocenters. The maximum Gasteiger partial charge on any atom is 0.335 e. The second-order valence-corrected chi connectivity index (χ2v) is 5.65. The molecule has 0 saturated heterocycles. The molecule has 21 heavy (non-hydrogen) atoms. The zero-order valence-electron chi connectivity index (χ0n) is 11.7. The molecule has 0 aromatic heterocycles. The van der Waals surface area contributed by atoms with Gasteiger partial charge in [0.1, 0.15) is 0 Å². The first-order valence-corrected chi connectivity index (χ1v) is 7.17. The van der Waals surface area contributed by atoms with Gasteiger partial charge in [0, 0.05) is 12.1 Å². The number of anilines is 1. The molecule has 0 bridgehead atoms. The highest BCUT2D eigenvalue weighted by Crippen LogP contribution is 2.32. The molecule has 0 amide bonds. The van der Waals surface area contributed by atoms with Gasteiger partial charge >= 0.3 is 5.97 Å². The van der Waals surface area contributed by atoms with Gasteiger partial charge in [-0.1, -0.05) is 35.3 Å². The quantitative estimate of drug-likeness (QED) is 0.870. The Hall–Kier alpha value is -1.71. The van der Waals surface area contributed by atoms with Crippen LogP contribution in [0, 0.1) is 0 Å². The van der Waals surface area contributed by atoms with Gasteiger partial charge in [0.2, 0.25) is 0 Å². The van der Waals surface area contributed by atoms with Gasteiger partial charge in [-0.3, -0.25) is 0 Å². The Kier molecular flexibility index (Phi) is 4.76. The zero-order chi connectivity index (χ0) is 15.6. The minimum atomic E-state index is -0.989. The Morgan fingerprint density at radius 3 is 2.29 bits per heavy atom. The fraction of sp³-hybridized carbons (Fsp3) is 0.188. The Bertz CT molecular complexity index is 656. The molecule has 5 heteroatoms. The molecule has 0 aliphatic carbocycles. The van der Waals surface area contributed by atoms with Crippen molar-refractivity contribution in [2.75, 3.05) is 11.9 Å². The maximum absolute atomic E-state index is 10.9. The van der Waals surface area contributed by atoms with E-state index in [2.05, 4.69) is 0 Å². The van der Waals surface area contributed by atoms with Gasteiger partial charge in [-0.15, -0.1) is 0 Å². The summed E-state index contributed by atoms with van der Waals surface area (Å²) in [4.78, 5) is 12.9. The summed E-state index contributed by atoms with van der Waals surface area (Å²) in [5.74, 6) is -0.989. The number of hydrogen-bond donors (Lipinski definition) is 1. The Morgan fingerprint density at radius 2 is 1.76 bits per heavy atom. The van der Waals surface area contributed by atoms with Gasteiger partial charge in [-0.25, -0.2) is 4.79 Å². The number of benzene rings is 2. The van der Waals surface area contributed by atoms with Crippen LogP contribution in [0.15, 0.2) is 42.5 Å². The average Bonchev–Trinajstić information content (AvgIpc) is 2.46. The van der Waals surface area contributed by atoms with Crippen molar-refractivity contribution in [2.45, 2.75) is 13.0 Å². The molecule has 2 aromatic rings. The number of carboxylic acid groups (broad SMARTS) is 1. The van der Waals surface area contributed by atoms with Crippen LogP contribution in [-0.2, 0) is 0 Å². The smallest absolute Gasteiger partial charge is 0.335 e. The largest absolute Gasteiger partial charge is 0.478 e. The minimum absolute atomic E-state index is 0.0791. The lowest BCUT2D eigenvalue weighted by Crippen LogP contribution is -2.22. The molecule has 0 spiro atoms. The van der Waals surface area contributed by atoms with Crippen molar-refractivity contribution in [3.63, 3.8) is 0 Å². The van der Waals surface area contributed by atoms with Crippen molar-refractivity contribution in [2.24, 2.45) is 0 Å². The van der Waals surface area contributed by atoms with Gasteiger partial charge in [0.05, 0.1) is 22.3 Å². The molecule has 2 aromatic carbocycles. The van der Waals surface area contributed by atoms with Crippen LogP contribution in [0.5, 0.6) is 0 Å². The van der Waals surface area contributed by atoms with Crippen LogP contribution in [0.3, 0.4) is 0 Å². The van der Waals surface area contributed by atoms with Crippen molar-refractivity contribution < 1.29 is 9.90 Å². The van der Waals surface area contributed by atoms with Gasteiger partial charge in [-0.05, 0) is 42.8 Å². The van der Waals surface area contributed by atoms with Crippen molar-refractivity contribution in [3.05, 3.63) is 63.6 Å². The molecule has 0 aliphatic rings. The first-order chi connectivity index (χ1) is 9.90. The number of nitrogens with zero attached hydrogens (tertiary/aromatic N) is 1. The van der Waals surface area contributed by atoms with E-state index in [1.807, 2.05) is 43.1 Å². The molecular formula is C16H15Cl2NO2. The van der Waals surface area contributed by atoms with Gasteiger partial charge < -0.3 is 10.0 Å². The molecule has 3 nitrogen and oxygen atoms in total. The molecule has 0 radical (unpaired) electrons. The molecule has 110 valence electrons. The molecule has 2 rings (SSSR count). The average molecular weight is 324 g/mol. The zero-order valence-corrected chi connectivity index (χ0v) is 13.2. The van der Waals surface area contributed by atoms with E-state index in [0.717, 1.165) is 11.3 Å². The lowest BCUT2D eigenvalue weighted by molar-refractivity contribution is 0.0697. The van der Waals surface area contributed by atoms with Crippen LogP contribution >= 0.6 is 23.2 Å². The summed E-state index contributed by atoms with van der Waals surface area (Å²) in [6.45, 7) is 2.05. The topological polar surface area (TPSA) is 40.5 Å². The van der Waals surface area contributed by atoms with E-state index >= 15 is 0 Å². The summed E-state index contributed by atoms with van der Waals surface area (Å²) < 4.78 is 0. The van der Waals surface area contributed by atoms with E-state index in [4.69, 9.17) is 28.3 Å². The van der Waals surface area contributed by atoms with Crippen molar-refractivity contribution in [1.29, 1.82) is 0 Å². The molecule has 0 heterocycles. The summed E-state index contributed by atoms with van der Waals surface area (Å²) in [6, 6.07) is 12.4. The Balaban J connectivity index is 2.28. The predicted molar refractivity (Wildman–Crippen MR) is 86.7 cm³/mol. The normalized spacial score (nSPS) is 12.0. The van der Waals surface area contributed by atoms with Crippen LogP contribution in [0.2, 0.25) is 10.0 Å². The van der Waals surface area contributed by atoms with Crippen LogP contribution in [0.4, 0.5) is 5.69 Å². The SMILES string of the molecule is CC(c1ccc(Cl)cc1)N(C)c1ccc(C(=O)O)cc1Cl. The van der Waals surface area contributed by atoms with Crippen molar-refractivity contribution in [3.8, 4) is 0 Å². The number of rotatable bonds is 4. The summed E-state index contributed by atoms with van der Waals surface area (Å²) in [6.07, 6.45) is 0. The molecule has 1 N–H and O–H groups in total. The van der Waals surface area contributed by atoms with Crippen LogP contribution in [0.1, 0.15) is 28.9 Å². The summed E-state index contributed by atoms with van der Waals surface area (Å²) in [7, 11) is 1.92. The third kappa shape index (κ3) is 3.49. The molecule has 0 aliphatic heterocycles. The minimum Gasteiger partial charge on any atom is -0.478 e. The predicted octanol–water partition coefficient (Wildman–Crippen LogP) is 4.89. The summed E-state index contributed by atoms with van der Waals surface area (Å²) in [5, 5.41) is 10.1. The number of halogens is 2. The molecule has 0 saturated carbocycles. The summed E-state index contributed by atoms with van der Waals surface area (Å²) >= 11 is 12.1. The highest BCUT2D eigenvalue weighted by molar-refractivity contribution is 6.33. The Labute approximate surface area is 133 Å². The molecular weight excluding hydrogens is 309 g/mol. The molecule has 1 unspecified atom stereocenters. The van der Waals surface area contributed by atoms with E-state index in [9.17, 15) is 4.79 Å². The van der Waals surface area contributed by atoms with E-state index in [0.29, 0.717) is 10.0 Å². The van der Waals surface area contributed by atoms with E-state index in [1.165, 1.54) is 6.07 Å². The van der Waals surface area contributed by atoms with Gasteiger partial charge in [-0.2, -0.15) is 0 Å². The number of hydrogen-bond acceptors (Lipinski definition) is 2. The molecule has 0 fully saturated rings. The lowest BCUT2D eigenvalue weighted by Gasteiger charge is -2.28. The number of aromatic carboxylic acids is 1. The van der Waals surface area contributed by atoms with Gasteiger partial charge in [0.15, 0.2) is 0 Å². The highest BCUT2D eigenvalue weighted by Gasteiger charge is 2.16. The monoisotopic (exact) mass is 323 g/mol. The van der Waals surface area contributed by atoms with Crippen LogP contribution in [0.25, 0.3) is 0 Å². The number of carbonyl (C=O) groups is 1. The second-order valence-electron chi connectivity index (χ2n) is 4.81. The van der Waals surface area contributed by atoms with Crippen LogP contribution < -0.4 is 4.90 Å². The first kappa shape index (κ1) is 15.7. The van der Waals surface area contributed by atoms with Crippen molar-refractivity contribution >= 4 is 34.9 Å². The van der Waals surface area contributed by atoms with Crippen LogP contribution in [-0.4, -0.2) is 18.1 Å². The lowest BCUT2D eigenvalue weighted by atomic mass is 10.1. The fourth-order valence-electron chi connectivity index (χ4n) is 2.10. The van der Waals surface area contributed by atoms with Gasteiger partial charge in [0.25, 0.3) is 0 Å². The number of carboxylic acids is 1. The third-order valence-electron chi connectivity index (χ3n) is 3.51. The van der Waals surface area contributed by atoms with Crippen molar-refractivity contribution in [1.82, 2.24) is 0 Å². The maximum atomic E-state index is 10.9. The third-order valence-corrected chi connectivity index (χ3v) is 4.06. The second kappa shape index (κ2) is 6.37. The van der Waals surface area contributed by atoms with E-state index in [1.54, 1.807) is 12.1 Å². The summed E-state index contributed by atoms with van der Waals surface area (Å²) in [5.41, 5.74) is 2.06. The van der Waals surface area contributed by atoms with E-state index < -0.39 is 5.97 Å². The standard InChI is InChI=1S/C16H15Cl2NO2/c1-10(11-3-6-13(17)7-4-11)19(2)15-8-5-12(16(20)21)9-14(15)18/h3-10H,1-2H3,(H,20,21). The van der Waals surface area contributed by atoms with E-state index in [-0.39, 0.29) is 11.6 Å².